The van der Waals surface area contributed by atoms with Gasteiger partial charge in [0, 0.05) is 18.8 Å². The maximum atomic E-state index is 11.8. The van der Waals surface area contributed by atoms with Crippen molar-refractivity contribution in [3.63, 3.8) is 0 Å². The van der Waals surface area contributed by atoms with Crippen LogP contribution in [0.5, 0.6) is 0 Å². The molecule has 0 aliphatic heterocycles. The van der Waals surface area contributed by atoms with Gasteiger partial charge in [0.25, 0.3) is 0 Å². The van der Waals surface area contributed by atoms with Crippen LogP contribution in [0.1, 0.15) is 18.4 Å². The van der Waals surface area contributed by atoms with Crippen molar-refractivity contribution >= 4 is 33.3 Å². The van der Waals surface area contributed by atoms with Crippen LogP contribution in [0.4, 0.5) is 10.5 Å². The fraction of sp³-hybridized carbons (Fsp3) is 0.429. The molecule has 5 nitrogen and oxygen atoms in total. The summed E-state index contributed by atoms with van der Waals surface area (Å²) in [6.07, 6.45) is 0.687. The third-order valence-electron chi connectivity index (χ3n) is 2.99. The lowest BCUT2D eigenvalue weighted by Gasteiger charge is -2.12. The molecule has 1 aromatic heterocycles. The molecule has 0 radical (unpaired) electrons. The van der Waals surface area contributed by atoms with Gasteiger partial charge in [0.1, 0.15) is 0 Å². The van der Waals surface area contributed by atoms with E-state index in [-0.39, 0.29) is 18.6 Å². The van der Waals surface area contributed by atoms with E-state index in [4.69, 9.17) is 5.11 Å². The quantitative estimate of drug-likeness (QED) is 0.793. The lowest BCUT2D eigenvalue weighted by molar-refractivity contribution is 0.243. The van der Waals surface area contributed by atoms with Crippen LogP contribution < -0.4 is 10.6 Å². The Labute approximate surface area is 122 Å². The van der Waals surface area contributed by atoms with Crippen molar-refractivity contribution in [1.29, 1.82) is 0 Å². The molecule has 2 amide bonds. The average molecular weight is 293 g/mol. The lowest BCUT2D eigenvalue weighted by Crippen LogP contribution is -2.32. The number of hydrogen-bond donors (Lipinski definition) is 3. The molecule has 1 aromatic carbocycles. The zero-order valence-corrected chi connectivity index (χ0v) is 12.5. The molecule has 0 bridgehead atoms. The molecule has 0 fully saturated rings. The van der Waals surface area contributed by atoms with Gasteiger partial charge in [-0.3, -0.25) is 0 Å². The minimum absolute atomic E-state index is 0.145. The largest absolute Gasteiger partial charge is 0.396 e. The van der Waals surface area contributed by atoms with E-state index in [1.165, 1.54) is 0 Å². The number of nitrogens with one attached hydrogen (secondary N) is 2. The van der Waals surface area contributed by atoms with Crippen LogP contribution in [-0.2, 0) is 0 Å². The van der Waals surface area contributed by atoms with Crippen LogP contribution in [0, 0.1) is 12.8 Å². The van der Waals surface area contributed by atoms with E-state index in [9.17, 15) is 4.79 Å². The summed E-state index contributed by atoms with van der Waals surface area (Å²) in [5, 5.41) is 15.4. The summed E-state index contributed by atoms with van der Waals surface area (Å²) >= 11 is 1.61. The minimum atomic E-state index is -0.227. The molecule has 6 heteroatoms. The van der Waals surface area contributed by atoms with Gasteiger partial charge in [-0.05, 0) is 37.5 Å². The molecule has 1 heterocycles. The van der Waals surface area contributed by atoms with Crippen LogP contribution in [0.3, 0.4) is 0 Å². The Morgan fingerprint density at radius 2 is 2.30 bits per heavy atom. The number of aliphatic hydroxyl groups is 1. The normalized spacial score (nSPS) is 12.3. The highest BCUT2D eigenvalue weighted by Crippen LogP contribution is 2.24. The van der Waals surface area contributed by atoms with E-state index in [2.05, 4.69) is 15.6 Å². The van der Waals surface area contributed by atoms with Gasteiger partial charge in [0.05, 0.1) is 15.2 Å². The number of urea groups is 1. The van der Waals surface area contributed by atoms with Crippen LogP contribution in [-0.4, -0.2) is 29.3 Å². The van der Waals surface area contributed by atoms with Gasteiger partial charge in [-0.2, -0.15) is 0 Å². The Hall–Kier alpha value is -1.66. The first-order valence-electron chi connectivity index (χ1n) is 6.61. The highest BCUT2D eigenvalue weighted by molar-refractivity contribution is 7.18. The average Bonchev–Trinajstić information content (AvgIpc) is 2.76. The Morgan fingerprint density at radius 3 is 3.05 bits per heavy atom. The maximum absolute atomic E-state index is 11.8. The molecule has 1 unspecified atom stereocenters. The van der Waals surface area contributed by atoms with Crippen molar-refractivity contribution in [3.05, 3.63) is 23.2 Å². The van der Waals surface area contributed by atoms with E-state index in [0.29, 0.717) is 13.0 Å². The van der Waals surface area contributed by atoms with Crippen molar-refractivity contribution in [2.75, 3.05) is 18.5 Å². The first-order chi connectivity index (χ1) is 9.58. The summed E-state index contributed by atoms with van der Waals surface area (Å²) in [5.41, 5.74) is 1.71. The second-order valence-electron chi connectivity index (χ2n) is 4.87. The number of benzene rings is 1. The molecular weight excluding hydrogens is 274 g/mol. The first-order valence-corrected chi connectivity index (χ1v) is 7.43. The zero-order valence-electron chi connectivity index (χ0n) is 11.6. The third kappa shape index (κ3) is 3.91. The number of aromatic nitrogens is 1. The number of carbonyl (C=O) groups is 1. The second-order valence-corrected chi connectivity index (χ2v) is 6.10. The van der Waals surface area contributed by atoms with E-state index in [1.807, 2.05) is 32.0 Å². The number of thiazole rings is 1. The van der Waals surface area contributed by atoms with Crippen LogP contribution >= 0.6 is 11.3 Å². The number of nitrogens with zero attached hydrogens (tertiary/aromatic N) is 1. The number of amides is 2. The number of aliphatic hydroxyl groups excluding tert-OH is 1. The summed E-state index contributed by atoms with van der Waals surface area (Å²) in [7, 11) is 0. The second kappa shape index (κ2) is 6.67. The topological polar surface area (TPSA) is 74.2 Å². The summed E-state index contributed by atoms with van der Waals surface area (Å²) in [4.78, 5) is 16.1. The van der Waals surface area contributed by atoms with Crippen molar-refractivity contribution in [3.8, 4) is 0 Å². The smallest absolute Gasteiger partial charge is 0.319 e. The monoisotopic (exact) mass is 293 g/mol. The van der Waals surface area contributed by atoms with Gasteiger partial charge in [0.2, 0.25) is 0 Å². The predicted octanol–water partition coefficient (Wildman–Crippen LogP) is 2.74. The molecule has 0 saturated carbocycles. The van der Waals surface area contributed by atoms with Crippen LogP contribution in [0.15, 0.2) is 18.2 Å². The van der Waals surface area contributed by atoms with Gasteiger partial charge < -0.3 is 15.7 Å². The first kappa shape index (κ1) is 14.7. The number of hydrogen-bond acceptors (Lipinski definition) is 4. The number of anilines is 1. The van der Waals surface area contributed by atoms with Crippen molar-refractivity contribution < 1.29 is 9.90 Å². The fourth-order valence-electron chi connectivity index (χ4n) is 1.88. The Balaban J connectivity index is 1.92. The standard InChI is InChI=1S/C14H19N3O2S/c1-9(5-6-18)8-15-14(19)17-11-3-4-12-13(7-11)20-10(2)16-12/h3-4,7,9,18H,5-6,8H2,1-2H3,(H2,15,17,19). The molecule has 0 aliphatic carbocycles. The van der Waals surface area contributed by atoms with Gasteiger partial charge in [-0.1, -0.05) is 6.92 Å². The molecule has 0 saturated heterocycles. The van der Waals surface area contributed by atoms with Gasteiger partial charge in [-0.25, -0.2) is 9.78 Å². The highest BCUT2D eigenvalue weighted by Gasteiger charge is 2.07. The summed E-state index contributed by atoms with van der Waals surface area (Å²) in [6.45, 7) is 4.65. The minimum Gasteiger partial charge on any atom is -0.396 e. The summed E-state index contributed by atoms with van der Waals surface area (Å²) in [5.74, 6) is 0.261. The van der Waals surface area contributed by atoms with Crippen LogP contribution in [0.2, 0.25) is 0 Å². The number of fused-ring (bicyclic) bond motifs is 1. The molecule has 2 aromatic rings. The number of rotatable bonds is 5. The molecule has 1 atom stereocenters. The van der Waals surface area contributed by atoms with E-state index in [1.54, 1.807) is 11.3 Å². The molecule has 2 rings (SSSR count). The Bertz CT molecular complexity index is 597. The molecule has 3 N–H and O–H groups in total. The van der Waals surface area contributed by atoms with E-state index < -0.39 is 0 Å². The summed E-state index contributed by atoms with van der Waals surface area (Å²) in [6, 6.07) is 5.45. The molecule has 0 spiro atoms. The lowest BCUT2D eigenvalue weighted by atomic mass is 10.1. The van der Waals surface area contributed by atoms with Crippen molar-refractivity contribution in [1.82, 2.24) is 10.3 Å². The number of carbonyl (C=O) groups excluding carboxylic acids is 1. The fourth-order valence-corrected chi connectivity index (χ4v) is 2.75. The molecule has 20 heavy (non-hydrogen) atoms. The highest BCUT2D eigenvalue weighted by atomic mass is 32.1. The number of aryl methyl sites for hydroxylation is 1. The van der Waals surface area contributed by atoms with Crippen molar-refractivity contribution in [2.45, 2.75) is 20.3 Å². The molecular formula is C14H19N3O2S. The summed E-state index contributed by atoms with van der Waals surface area (Å²) < 4.78 is 1.06. The third-order valence-corrected chi connectivity index (χ3v) is 3.92. The molecule has 0 aliphatic rings. The van der Waals surface area contributed by atoms with Crippen LogP contribution in [0.25, 0.3) is 10.2 Å². The predicted molar refractivity (Wildman–Crippen MR) is 82.2 cm³/mol. The SMILES string of the molecule is Cc1nc2ccc(NC(=O)NCC(C)CCO)cc2s1. The zero-order chi connectivity index (χ0) is 14.5. The Morgan fingerprint density at radius 1 is 1.50 bits per heavy atom. The van der Waals surface area contributed by atoms with E-state index >= 15 is 0 Å². The van der Waals surface area contributed by atoms with Crippen molar-refractivity contribution in [2.24, 2.45) is 5.92 Å². The van der Waals surface area contributed by atoms with E-state index in [0.717, 1.165) is 20.9 Å². The van der Waals surface area contributed by atoms with Gasteiger partial charge in [-0.15, -0.1) is 11.3 Å². The molecule has 108 valence electrons. The maximum Gasteiger partial charge on any atom is 0.319 e. The Kier molecular flexibility index (Phi) is 4.92. The van der Waals surface area contributed by atoms with Gasteiger partial charge >= 0.3 is 6.03 Å². The van der Waals surface area contributed by atoms with Gasteiger partial charge in [0.15, 0.2) is 0 Å².